The number of ketones is 1. The molecule has 4 rings (SSSR count). The lowest BCUT2D eigenvalue weighted by Gasteiger charge is -2.19. The van der Waals surface area contributed by atoms with E-state index in [9.17, 15) is 18.8 Å². The van der Waals surface area contributed by atoms with Crippen LogP contribution in [0.4, 0.5) is 10.1 Å². The fraction of sp³-hybridized carbons (Fsp3) is 0.318. The lowest BCUT2D eigenvalue weighted by molar-refractivity contribution is -0.122. The Labute approximate surface area is 162 Å². The van der Waals surface area contributed by atoms with E-state index in [1.807, 2.05) is 0 Å². The van der Waals surface area contributed by atoms with Crippen LogP contribution in [0.15, 0.2) is 48.5 Å². The van der Waals surface area contributed by atoms with Gasteiger partial charge in [0.15, 0.2) is 12.4 Å². The number of Topliss-reactive ketones (excluding diaryl/α,β-unsaturated/α-hetero) is 1. The summed E-state index contributed by atoms with van der Waals surface area (Å²) in [5.74, 6) is -0.826. The molecule has 1 heterocycles. The minimum atomic E-state index is -0.404. The van der Waals surface area contributed by atoms with Crippen molar-refractivity contribution in [3.05, 3.63) is 59.9 Å². The van der Waals surface area contributed by atoms with Gasteiger partial charge >= 0.3 is 0 Å². The van der Waals surface area contributed by atoms with Crippen LogP contribution >= 0.6 is 0 Å². The van der Waals surface area contributed by atoms with E-state index in [0.29, 0.717) is 17.0 Å². The third-order valence-electron chi connectivity index (χ3n) is 5.47. The second kappa shape index (κ2) is 7.54. The summed E-state index contributed by atoms with van der Waals surface area (Å²) in [5.41, 5.74) is 0.899. The van der Waals surface area contributed by atoms with Crippen LogP contribution in [0, 0.1) is 17.7 Å². The fourth-order valence-corrected chi connectivity index (χ4v) is 3.98. The first kappa shape index (κ1) is 18.3. The normalized spacial score (nSPS) is 21.5. The first-order valence-electron chi connectivity index (χ1n) is 9.44. The smallest absolute Gasteiger partial charge is 0.237 e. The molecule has 1 aliphatic heterocycles. The number of hydrogen-bond donors (Lipinski definition) is 0. The van der Waals surface area contributed by atoms with Crippen molar-refractivity contribution in [2.45, 2.75) is 25.7 Å². The Hall–Kier alpha value is -3.02. The van der Waals surface area contributed by atoms with Gasteiger partial charge in [0, 0.05) is 5.56 Å². The van der Waals surface area contributed by atoms with Crippen molar-refractivity contribution < 1.29 is 23.5 Å². The number of carbonyl (C=O) groups is 3. The number of benzene rings is 2. The highest BCUT2D eigenvalue weighted by Gasteiger charge is 2.48. The molecule has 6 heteroatoms. The Kier molecular flexibility index (Phi) is 4.94. The van der Waals surface area contributed by atoms with Gasteiger partial charge in [-0.2, -0.15) is 0 Å². The maximum absolute atomic E-state index is 12.9. The van der Waals surface area contributed by atoms with E-state index in [-0.39, 0.29) is 36.0 Å². The average molecular weight is 381 g/mol. The zero-order valence-electron chi connectivity index (χ0n) is 15.3. The summed E-state index contributed by atoms with van der Waals surface area (Å²) >= 11 is 0. The first-order chi connectivity index (χ1) is 13.5. The number of anilines is 1. The summed E-state index contributed by atoms with van der Waals surface area (Å²) in [6.45, 7) is -0.184. The van der Waals surface area contributed by atoms with Gasteiger partial charge in [0.25, 0.3) is 0 Å². The van der Waals surface area contributed by atoms with Gasteiger partial charge in [0.2, 0.25) is 11.8 Å². The van der Waals surface area contributed by atoms with Crippen LogP contribution in [-0.2, 0) is 9.59 Å². The molecule has 0 N–H and O–H groups in total. The standard InChI is InChI=1S/C22H20FNO4/c23-15-7-5-14(6-8-15)20(25)13-28-17-11-9-16(10-12-17)24-21(26)18-3-1-2-4-19(18)22(24)27/h5-12,18-19H,1-4,13H2/t18-,19+. The molecule has 2 aliphatic rings. The topological polar surface area (TPSA) is 63.7 Å². The van der Waals surface area contributed by atoms with E-state index in [2.05, 4.69) is 0 Å². The molecule has 2 aromatic rings. The SMILES string of the molecule is O=C(COc1ccc(N2C(=O)[C@H]3CCCC[C@H]3C2=O)cc1)c1ccc(F)cc1. The van der Waals surface area contributed by atoms with Crippen LogP contribution in [0.5, 0.6) is 5.75 Å². The minimum absolute atomic E-state index is 0.116. The number of hydrogen-bond acceptors (Lipinski definition) is 4. The number of rotatable bonds is 5. The molecule has 144 valence electrons. The Bertz CT molecular complexity index is 883. The van der Waals surface area contributed by atoms with E-state index in [0.717, 1.165) is 25.7 Å². The van der Waals surface area contributed by atoms with Crippen LogP contribution in [0.1, 0.15) is 36.0 Å². The van der Waals surface area contributed by atoms with Crippen molar-refractivity contribution in [2.24, 2.45) is 11.8 Å². The summed E-state index contributed by atoms with van der Waals surface area (Å²) in [4.78, 5) is 38.6. The summed E-state index contributed by atoms with van der Waals surface area (Å²) in [6.07, 6.45) is 3.53. The van der Waals surface area contributed by atoms with Crippen LogP contribution < -0.4 is 9.64 Å². The molecule has 2 atom stereocenters. The average Bonchev–Trinajstić information content (AvgIpc) is 2.98. The molecule has 0 radical (unpaired) electrons. The highest BCUT2D eigenvalue weighted by molar-refractivity contribution is 6.22. The molecule has 0 bridgehead atoms. The number of fused-ring (bicyclic) bond motifs is 1. The number of halogens is 1. The van der Waals surface area contributed by atoms with Gasteiger partial charge in [-0.25, -0.2) is 4.39 Å². The molecule has 2 fully saturated rings. The predicted octanol–water partition coefficient (Wildman–Crippen LogP) is 3.77. The number of amides is 2. The molecule has 1 saturated heterocycles. The van der Waals surface area contributed by atoms with Gasteiger partial charge in [0.1, 0.15) is 11.6 Å². The van der Waals surface area contributed by atoms with E-state index in [4.69, 9.17) is 4.74 Å². The van der Waals surface area contributed by atoms with E-state index in [1.54, 1.807) is 24.3 Å². The summed E-state index contributed by atoms with van der Waals surface area (Å²) in [6, 6.07) is 11.9. The van der Waals surface area contributed by atoms with Crippen molar-refractivity contribution >= 4 is 23.3 Å². The Morgan fingerprint density at radius 2 is 1.50 bits per heavy atom. The number of nitrogens with zero attached hydrogens (tertiary/aromatic N) is 1. The Morgan fingerprint density at radius 1 is 0.929 bits per heavy atom. The quantitative estimate of drug-likeness (QED) is 0.584. The van der Waals surface area contributed by atoms with Crippen molar-refractivity contribution in [1.29, 1.82) is 0 Å². The first-order valence-corrected chi connectivity index (χ1v) is 9.44. The van der Waals surface area contributed by atoms with Crippen LogP contribution in [0.2, 0.25) is 0 Å². The van der Waals surface area contributed by atoms with Crippen LogP contribution in [0.25, 0.3) is 0 Å². The molecule has 1 saturated carbocycles. The van der Waals surface area contributed by atoms with Gasteiger partial charge < -0.3 is 4.74 Å². The minimum Gasteiger partial charge on any atom is -0.485 e. The molecule has 28 heavy (non-hydrogen) atoms. The van der Waals surface area contributed by atoms with E-state index >= 15 is 0 Å². The van der Waals surface area contributed by atoms with E-state index < -0.39 is 5.82 Å². The van der Waals surface area contributed by atoms with Crippen molar-refractivity contribution in [2.75, 3.05) is 11.5 Å². The van der Waals surface area contributed by atoms with E-state index in [1.165, 1.54) is 29.2 Å². The maximum atomic E-state index is 12.9. The summed E-state index contributed by atoms with van der Waals surface area (Å²) in [7, 11) is 0. The molecule has 0 aromatic heterocycles. The highest BCUT2D eigenvalue weighted by atomic mass is 19.1. The van der Waals surface area contributed by atoms with Gasteiger partial charge in [-0.3, -0.25) is 19.3 Å². The van der Waals surface area contributed by atoms with Crippen molar-refractivity contribution in [3.63, 3.8) is 0 Å². The van der Waals surface area contributed by atoms with Gasteiger partial charge in [0.05, 0.1) is 17.5 Å². The number of ether oxygens (including phenoxy) is 1. The monoisotopic (exact) mass is 381 g/mol. The highest BCUT2D eigenvalue weighted by Crippen LogP contribution is 2.40. The van der Waals surface area contributed by atoms with Gasteiger partial charge in [-0.15, -0.1) is 0 Å². The molecule has 0 spiro atoms. The second-order valence-corrected chi connectivity index (χ2v) is 7.22. The Balaban J connectivity index is 1.41. The maximum Gasteiger partial charge on any atom is 0.237 e. The van der Waals surface area contributed by atoms with Crippen molar-refractivity contribution in [3.8, 4) is 5.75 Å². The second-order valence-electron chi connectivity index (χ2n) is 7.22. The lowest BCUT2D eigenvalue weighted by Crippen LogP contribution is -2.30. The molecular formula is C22H20FNO4. The van der Waals surface area contributed by atoms with Crippen LogP contribution in [0.3, 0.4) is 0 Å². The van der Waals surface area contributed by atoms with Gasteiger partial charge in [-0.05, 0) is 61.4 Å². The molecule has 2 aromatic carbocycles. The zero-order chi connectivity index (χ0) is 19.7. The molecule has 5 nitrogen and oxygen atoms in total. The molecule has 2 amide bonds. The Morgan fingerprint density at radius 3 is 2.07 bits per heavy atom. The largest absolute Gasteiger partial charge is 0.485 e. The third kappa shape index (κ3) is 3.42. The molecular weight excluding hydrogens is 361 g/mol. The third-order valence-corrected chi connectivity index (χ3v) is 5.47. The predicted molar refractivity (Wildman–Crippen MR) is 101 cm³/mol. The van der Waals surface area contributed by atoms with Gasteiger partial charge in [-0.1, -0.05) is 12.8 Å². The fourth-order valence-electron chi connectivity index (χ4n) is 3.98. The number of imide groups is 1. The van der Waals surface area contributed by atoms with Crippen LogP contribution in [-0.4, -0.2) is 24.2 Å². The summed E-state index contributed by atoms with van der Waals surface area (Å²) < 4.78 is 18.4. The molecule has 0 unspecified atom stereocenters. The summed E-state index contributed by atoms with van der Waals surface area (Å²) in [5, 5.41) is 0. The van der Waals surface area contributed by atoms with Crippen molar-refractivity contribution in [1.82, 2.24) is 0 Å². The number of carbonyl (C=O) groups excluding carboxylic acids is 3. The zero-order valence-corrected chi connectivity index (χ0v) is 15.3. The lowest BCUT2D eigenvalue weighted by atomic mass is 9.81. The molecule has 1 aliphatic carbocycles.